The second kappa shape index (κ2) is 8.53. The Labute approximate surface area is 179 Å². The van der Waals surface area contributed by atoms with Gasteiger partial charge in [-0.15, -0.1) is 0 Å². The van der Waals surface area contributed by atoms with Gasteiger partial charge in [0.15, 0.2) is 16.6 Å². The Balaban J connectivity index is 2.44. The highest BCUT2D eigenvalue weighted by molar-refractivity contribution is 6.70. The van der Waals surface area contributed by atoms with Gasteiger partial charge < -0.3 is 18.5 Å². The Morgan fingerprint density at radius 2 is 1.62 bits per heavy atom. The molecule has 7 heteroatoms. The molecule has 1 aliphatic rings. The molecule has 1 fully saturated rings. The number of piperidine rings is 1. The second-order valence-corrected chi connectivity index (χ2v) is 19.8. The molecule has 0 unspecified atom stereocenters. The van der Waals surface area contributed by atoms with Gasteiger partial charge in [0.1, 0.15) is 11.2 Å². The van der Waals surface area contributed by atoms with Gasteiger partial charge in [0, 0.05) is 6.54 Å². The van der Waals surface area contributed by atoms with Crippen LogP contribution < -0.4 is 0 Å². The van der Waals surface area contributed by atoms with E-state index < -0.39 is 27.8 Å². The van der Waals surface area contributed by atoms with Gasteiger partial charge >= 0.3 is 6.09 Å². The van der Waals surface area contributed by atoms with Gasteiger partial charge in [0.05, 0.1) is 12.6 Å². The molecule has 29 heavy (non-hydrogen) atoms. The van der Waals surface area contributed by atoms with E-state index in [-0.39, 0.29) is 12.2 Å². The summed E-state index contributed by atoms with van der Waals surface area (Å²) in [4.78, 5) is 14.6. The number of hydrogen-bond acceptors (Lipinski definition) is 4. The van der Waals surface area contributed by atoms with Crippen LogP contribution in [0, 0.1) is 0 Å². The van der Waals surface area contributed by atoms with Crippen molar-refractivity contribution in [3.05, 3.63) is 35.9 Å². The maximum absolute atomic E-state index is 12.8. The number of benzene rings is 1. The molecular formula is C22H39NO4Si2. The normalized spacial score (nSPS) is 23.8. The summed E-state index contributed by atoms with van der Waals surface area (Å²) < 4.78 is 19.2. The zero-order chi connectivity index (χ0) is 22.1. The molecule has 0 aliphatic carbocycles. The maximum Gasteiger partial charge on any atom is 0.410 e. The Hall–Kier alpha value is -1.16. The second-order valence-electron chi connectivity index (χ2n) is 10.9. The molecule has 5 nitrogen and oxygen atoms in total. The number of carbonyl (C=O) groups excluding carboxylic acids is 1. The molecule has 1 aromatic carbocycles. The van der Waals surface area contributed by atoms with Crippen LogP contribution in [-0.4, -0.2) is 52.4 Å². The molecule has 0 spiro atoms. The van der Waals surface area contributed by atoms with E-state index in [1.54, 1.807) is 4.90 Å². The summed E-state index contributed by atoms with van der Waals surface area (Å²) in [5.74, 6) is 0. The van der Waals surface area contributed by atoms with E-state index in [4.69, 9.17) is 13.6 Å². The highest BCUT2D eigenvalue weighted by atomic mass is 28.4. The lowest BCUT2D eigenvalue weighted by molar-refractivity contribution is -0.103. The Morgan fingerprint density at radius 3 is 2.10 bits per heavy atom. The van der Waals surface area contributed by atoms with Crippen molar-refractivity contribution in [2.75, 3.05) is 13.1 Å². The first-order valence-corrected chi connectivity index (χ1v) is 17.3. The average molecular weight is 438 g/mol. The van der Waals surface area contributed by atoms with Gasteiger partial charge in [0.2, 0.25) is 0 Å². The Kier molecular flexibility index (Phi) is 7.09. The first-order chi connectivity index (χ1) is 13.1. The molecule has 164 valence electrons. The lowest BCUT2D eigenvalue weighted by atomic mass is 9.82. The van der Waals surface area contributed by atoms with Gasteiger partial charge in [-0.2, -0.15) is 0 Å². The Morgan fingerprint density at radius 1 is 1.03 bits per heavy atom. The molecule has 2 atom stereocenters. The van der Waals surface area contributed by atoms with Gasteiger partial charge in [-0.1, -0.05) is 30.3 Å². The Bertz CT molecular complexity index is 691. The molecule has 1 aliphatic heterocycles. The number of hydrogen-bond donors (Lipinski definition) is 0. The number of carbonyl (C=O) groups is 1. The van der Waals surface area contributed by atoms with Crippen LogP contribution >= 0.6 is 0 Å². The minimum atomic E-state index is -1.90. The summed E-state index contributed by atoms with van der Waals surface area (Å²) in [5, 5.41) is 0. The van der Waals surface area contributed by atoms with Crippen LogP contribution in [0.5, 0.6) is 0 Å². The van der Waals surface area contributed by atoms with Crippen LogP contribution in [0.3, 0.4) is 0 Å². The van der Waals surface area contributed by atoms with Gasteiger partial charge in [-0.05, 0) is 72.0 Å². The first-order valence-electron chi connectivity index (χ1n) is 10.5. The topological polar surface area (TPSA) is 48.0 Å². The summed E-state index contributed by atoms with van der Waals surface area (Å²) >= 11 is 0. The van der Waals surface area contributed by atoms with Crippen LogP contribution in [0.15, 0.2) is 30.3 Å². The third-order valence-corrected chi connectivity index (χ3v) is 6.53. The summed E-state index contributed by atoms with van der Waals surface area (Å²) in [7, 11) is -3.80. The molecule has 1 amide bonds. The standard InChI is InChI=1S/C22H39NO4Si2/c1-21(2,3)25-20(24)23-16-15-22(27-29(7,8)9,18-13-11-10-12-14-18)19(17-23)26-28(4,5)6/h10-14,19H,15-17H2,1-9H3/t19-,22-/m0/s1. The van der Waals surface area contributed by atoms with E-state index >= 15 is 0 Å². The lowest BCUT2D eigenvalue weighted by Crippen LogP contribution is -2.61. The van der Waals surface area contributed by atoms with Crippen molar-refractivity contribution in [2.45, 2.75) is 83.8 Å². The third kappa shape index (κ3) is 6.94. The van der Waals surface area contributed by atoms with Crippen LogP contribution in [0.4, 0.5) is 4.79 Å². The van der Waals surface area contributed by atoms with E-state index in [2.05, 4.69) is 63.5 Å². The minimum absolute atomic E-state index is 0.232. The molecule has 1 aromatic rings. The summed E-state index contributed by atoms with van der Waals surface area (Å²) in [6.07, 6.45) is 0.177. The van der Waals surface area contributed by atoms with Crippen LogP contribution in [0.2, 0.25) is 39.3 Å². The maximum atomic E-state index is 12.8. The molecule has 0 bridgehead atoms. The van der Waals surface area contributed by atoms with E-state index in [1.165, 1.54) is 0 Å². The quantitative estimate of drug-likeness (QED) is 0.563. The summed E-state index contributed by atoms with van der Waals surface area (Å²) in [6, 6.07) is 10.4. The fraction of sp³-hybridized carbons (Fsp3) is 0.682. The zero-order valence-electron chi connectivity index (χ0n) is 19.7. The number of nitrogens with zero attached hydrogens (tertiary/aromatic N) is 1. The van der Waals surface area contributed by atoms with E-state index in [9.17, 15) is 4.79 Å². The molecule has 0 N–H and O–H groups in total. The molecule has 0 aromatic heterocycles. The van der Waals surface area contributed by atoms with Gasteiger partial charge in [-0.3, -0.25) is 0 Å². The first kappa shape index (κ1) is 24.1. The number of ether oxygens (including phenoxy) is 1. The molecule has 0 saturated carbocycles. The largest absolute Gasteiger partial charge is 0.444 e. The van der Waals surface area contributed by atoms with E-state index in [0.717, 1.165) is 5.56 Å². The van der Waals surface area contributed by atoms with Crippen LogP contribution in [0.1, 0.15) is 32.8 Å². The predicted molar refractivity (Wildman–Crippen MR) is 123 cm³/mol. The molecule has 2 rings (SSSR count). The van der Waals surface area contributed by atoms with Crippen LogP contribution in [-0.2, 0) is 19.2 Å². The van der Waals surface area contributed by atoms with Crippen molar-refractivity contribution in [3.63, 3.8) is 0 Å². The third-order valence-electron chi connectivity index (χ3n) is 4.56. The van der Waals surface area contributed by atoms with Gasteiger partial charge in [-0.25, -0.2) is 4.79 Å². The van der Waals surface area contributed by atoms with Crippen molar-refractivity contribution < 1.29 is 18.4 Å². The number of rotatable bonds is 5. The predicted octanol–water partition coefficient (Wildman–Crippen LogP) is 5.59. The highest BCUT2D eigenvalue weighted by Gasteiger charge is 2.50. The SMILES string of the molecule is CC(C)(C)OC(=O)N1CC[C@](O[Si](C)(C)C)(c2ccccc2)[C@@H](O[Si](C)(C)C)C1. The molecule has 1 heterocycles. The van der Waals surface area contributed by atoms with Gasteiger partial charge in [0.25, 0.3) is 0 Å². The highest BCUT2D eigenvalue weighted by Crippen LogP contribution is 2.42. The fourth-order valence-electron chi connectivity index (χ4n) is 3.73. The minimum Gasteiger partial charge on any atom is -0.444 e. The van der Waals surface area contributed by atoms with Crippen molar-refractivity contribution in [1.29, 1.82) is 0 Å². The molecular weight excluding hydrogens is 398 g/mol. The number of amides is 1. The smallest absolute Gasteiger partial charge is 0.410 e. The zero-order valence-corrected chi connectivity index (χ0v) is 21.7. The molecule has 0 radical (unpaired) electrons. The average Bonchev–Trinajstić information content (AvgIpc) is 2.53. The van der Waals surface area contributed by atoms with Crippen molar-refractivity contribution in [1.82, 2.24) is 4.90 Å². The monoisotopic (exact) mass is 437 g/mol. The van der Waals surface area contributed by atoms with E-state index in [0.29, 0.717) is 19.5 Å². The fourth-order valence-corrected chi connectivity index (χ4v) is 6.29. The van der Waals surface area contributed by atoms with Crippen molar-refractivity contribution >= 4 is 22.7 Å². The van der Waals surface area contributed by atoms with Crippen LogP contribution in [0.25, 0.3) is 0 Å². The van der Waals surface area contributed by atoms with Crippen molar-refractivity contribution in [3.8, 4) is 0 Å². The number of likely N-dealkylation sites (tertiary alicyclic amines) is 1. The molecule has 1 saturated heterocycles. The van der Waals surface area contributed by atoms with Crippen molar-refractivity contribution in [2.24, 2.45) is 0 Å². The van der Waals surface area contributed by atoms with E-state index in [1.807, 2.05) is 26.8 Å². The summed E-state index contributed by atoms with van der Waals surface area (Å²) in [6.45, 7) is 19.9. The summed E-state index contributed by atoms with van der Waals surface area (Å²) in [5.41, 5.74) is 0.0639. The lowest BCUT2D eigenvalue weighted by Gasteiger charge is -2.51.